The van der Waals surface area contributed by atoms with Gasteiger partial charge in [-0.05, 0) is 34.8 Å². The fourth-order valence-corrected chi connectivity index (χ4v) is 2.47. The van der Waals surface area contributed by atoms with Crippen molar-refractivity contribution < 1.29 is 13.9 Å². The van der Waals surface area contributed by atoms with Crippen LogP contribution >= 0.6 is 15.9 Å². The van der Waals surface area contributed by atoms with Crippen LogP contribution in [0, 0.1) is 5.82 Å². The molecule has 6 heteroatoms. The molecule has 1 aliphatic heterocycles. The number of methoxy groups -OCH3 is 1. The van der Waals surface area contributed by atoms with Gasteiger partial charge in [0.1, 0.15) is 0 Å². The molecule has 0 radical (unpaired) electrons. The fraction of sp³-hybridized carbons (Fsp3) is 0.643. The third-order valence-electron chi connectivity index (χ3n) is 3.34. The highest BCUT2D eigenvalue weighted by atomic mass is 79.9. The minimum absolute atomic E-state index is 0.0849. The van der Waals surface area contributed by atoms with Gasteiger partial charge in [-0.3, -0.25) is 0 Å². The lowest BCUT2D eigenvalue weighted by atomic mass is 10.1. The zero-order valence-electron chi connectivity index (χ0n) is 11.8. The summed E-state index contributed by atoms with van der Waals surface area (Å²) < 4.78 is 25.5. The van der Waals surface area contributed by atoms with E-state index in [-0.39, 0.29) is 18.2 Å². The highest BCUT2D eigenvalue weighted by molar-refractivity contribution is 9.10. The van der Waals surface area contributed by atoms with Crippen molar-refractivity contribution in [2.24, 2.45) is 0 Å². The molecule has 1 fully saturated rings. The van der Waals surface area contributed by atoms with Crippen LogP contribution in [0.1, 0.15) is 26.2 Å². The molecule has 1 saturated heterocycles. The van der Waals surface area contributed by atoms with Crippen LogP contribution in [0.5, 0.6) is 0 Å². The first-order valence-corrected chi connectivity index (χ1v) is 7.67. The fourth-order valence-electron chi connectivity index (χ4n) is 2.16. The summed E-state index contributed by atoms with van der Waals surface area (Å²) >= 11 is 3.20. The van der Waals surface area contributed by atoms with E-state index < -0.39 is 0 Å². The minimum atomic E-state index is -0.313. The van der Waals surface area contributed by atoms with E-state index in [1.54, 1.807) is 13.3 Å². The highest BCUT2D eigenvalue weighted by Gasteiger charge is 2.32. The monoisotopic (exact) mass is 346 g/mol. The lowest BCUT2D eigenvalue weighted by Gasteiger charge is -2.41. The molecule has 0 amide bonds. The zero-order chi connectivity index (χ0) is 14.5. The van der Waals surface area contributed by atoms with Crippen LogP contribution in [0.25, 0.3) is 0 Å². The Morgan fingerprint density at radius 1 is 1.55 bits per heavy atom. The Labute approximate surface area is 127 Å². The third kappa shape index (κ3) is 3.90. The van der Waals surface area contributed by atoms with E-state index in [9.17, 15) is 4.39 Å². The highest BCUT2D eigenvalue weighted by Crippen LogP contribution is 2.26. The van der Waals surface area contributed by atoms with E-state index in [2.05, 4.69) is 27.8 Å². The molecule has 0 saturated carbocycles. The molecule has 1 aromatic heterocycles. The predicted octanol–water partition coefficient (Wildman–Crippen LogP) is 3.35. The van der Waals surface area contributed by atoms with Gasteiger partial charge in [-0.2, -0.15) is 0 Å². The second kappa shape index (κ2) is 7.33. The van der Waals surface area contributed by atoms with E-state index in [1.807, 2.05) is 4.90 Å². The average molecular weight is 347 g/mol. The van der Waals surface area contributed by atoms with Crippen molar-refractivity contribution in [1.29, 1.82) is 0 Å². The molecule has 1 aliphatic rings. The van der Waals surface area contributed by atoms with Crippen LogP contribution in [0.15, 0.2) is 16.7 Å². The number of anilines is 1. The molecule has 2 heterocycles. The maximum Gasteiger partial charge on any atom is 0.166 e. The second-order valence-corrected chi connectivity index (χ2v) is 5.85. The number of rotatable bonds is 7. The number of pyridine rings is 1. The molecular weight excluding hydrogens is 327 g/mol. The number of ether oxygens (including phenoxy) is 2. The summed E-state index contributed by atoms with van der Waals surface area (Å²) in [5, 5.41) is 0. The lowest BCUT2D eigenvalue weighted by Crippen LogP contribution is -2.54. The predicted molar refractivity (Wildman–Crippen MR) is 79.3 cm³/mol. The van der Waals surface area contributed by atoms with Crippen LogP contribution in [-0.4, -0.2) is 37.6 Å². The Morgan fingerprint density at radius 3 is 2.90 bits per heavy atom. The van der Waals surface area contributed by atoms with Crippen molar-refractivity contribution in [3.8, 4) is 0 Å². The van der Waals surface area contributed by atoms with Crippen LogP contribution in [0.3, 0.4) is 0 Å². The SMILES string of the molecule is CCCCC(OC)OC1CN(c2ncc(Br)cc2F)C1. The maximum absolute atomic E-state index is 13.7. The summed E-state index contributed by atoms with van der Waals surface area (Å²) in [6, 6.07) is 1.43. The van der Waals surface area contributed by atoms with Gasteiger partial charge in [0.15, 0.2) is 17.9 Å². The number of halogens is 2. The van der Waals surface area contributed by atoms with Crippen LogP contribution in [-0.2, 0) is 9.47 Å². The number of nitrogens with zero attached hydrogens (tertiary/aromatic N) is 2. The molecule has 0 N–H and O–H groups in total. The Balaban J connectivity index is 1.81. The summed E-state index contributed by atoms with van der Waals surface area (Å²) in [7, 11) is 1.66. The van der Waals surface area contributed by atoms with Gasteiger partial charge in [-0.15, -0.1) is 0 Å². The van der Waals surface area contributed by atoms with Crippen molar-refractivity contribution >= 4 is 21.7 Å². The lowest BCUT2D eigenvalue weighted by molar-refractivity contribution is -0.164. The summed E-state index contributed by atoms with van der Waals surface area (Å²) in [6.07, 6.45) is 4.62. The Morgan fingerprint density at radius 2 is 2.30 bits per heavy atom. The molecule has 0 bridgehead atoms. The number of hydrogen-bond acceptors (Lipinski definition) is 4. The van der Waals surface area contributed by atoms with E-state index in [0.29, 0.717) is 23.4 Å². The molecule has 112 valence electrons. The van der Waals surface area contributed by atoms with Crippen LogP contribution < -0.4 is 4.90 Å². The first-order valence-electron chi connectivity index (χ1n) is 6.88. The topological polar surface area (TPSA) is 34.6 Å². The van der Waals surface area contributed by atoms with Gasteiger partial charge >= 0.3 is 0 Å². The van der Waals surface area contributed by atoms with E-state index in [1.165, 1.54) is 6.07 Å². The van der Waals surface area contributed by atoms with Crippen molar-refractivity contribution in [3.05, 3.63) is 22.6 Å². The van der Waals surface area contributed by atoms with Crippen LogP contribution in [0.4, 0.5) is 10.2 Å². The molecule has 0 spiro atoms. The Kier molecular flexibility index (Phi) is 5.74. The second-order valence-electron chi connectivity index (χ2n) is 4.93. The van der Waals surface area contributed by atoms with Gasteiger partial charge in [0.05, 0.1) is 6.10 Å². The summed E-state index contributed by atoms with van der Waals surface area (Å²) in [5.41, 5.74) is 0. The van der Waals surface area contributed by atoms with Crippen molar-refractivity contribution in [3.63, 3.8) is 0 Å². The Hall–Kier alpha value is -0.720. The number of aromatic nitrogens is 1. The van der Waals surface area contributed by atoms with Crippen molar-refractivity contribution in [2.75, 3.05) is 25.1 Å². The summed E-state index contributed by atoms with van der Waals surface area (Å²) in [6.45, 7) is 3.44. The van der Waals surface area contributed by atoms with Gasteiger partial charge in [-0.1, -0.05) is 13.3 Å². The first kappa shape index (κ1) is 15.7. The van der Waals surface area contributed by atoms with Gasteiger partial charge in [0, 0.05) is 30.9 Å². The third-order valence-corrected chi connectivity index (χ3v) is 3.77. The van der Waals surface area contributed by atoms with Gasteiger partial charge in [0.2, 0.25) is 0 Å². The smallest absolute Gasteiger partial charge is 0.166 e. The number of unbranched alkanes of at least 4 members (excludes halogenated alkanes) is 1. The van der Waals surface area contributed by atoms with E-state index in [4.69, 9.17) is 9.47 Å². The zero-order valence-corrected chi connectivity index (χ0v) is 13.4. The van der Waals surface area contributed by atoms with Crippen molar-refractivity contribution in [1.82, 2.24) is 4.98 Å². The molecule has 0 aromatic carbocycles. The summed E-state index contributed by atoms with van der Waals surface area (Å²) in [5.74, 6) is 0.0719. The average Bonchev–Trinajstić information content (AvgIpc) is 2.38. The van der Waals surface area contributed by atoms with E-state index in [0.717, 1.165) is 19.3 Å². The Bertz CT molecular complexity index is 441. The largest absolute Gasteiger partial charge is 0.356 e. The van der Waals surface area contributed by atoms with Crippen molar-refractivity contribution in [2.45, 2.75) is 38.6 Å². The van der Waals surface area contributed by atoms with Gasteiger partial charge in [-0.25, -0.2) is 9.37 Å². The quantitative estimate of drug-likeness (QED) is 0.709. The van der Waals surface area contributed by atoms with Gasteiger partial charge < -0.3 is 14.4 Å². The molecule has 1 atom stereocenters. The number of hydrogen-bond donors (Lipinski definition) is 0. The summed E-state index contributed by atoms with van der Waals surface area (Å²) in [4.78, 5) is 5.97. The minimum Gasteiger partial charge on any atom is -0.356 e. The molecule has 1 aromatic rings. The standard InChI is InChI=1S/C14H20BrFN2O2/c1-3-4-5-13(19-2)20-11-8-18(9-11)14-12(16)6-10(15)7-17-14/h6-7,11,13H,3-5,8-9H2,1-2H3. The van der Waals surface area contributed by atoms with Crippen LogP contribution in [0.2, 0.25) is 0 Å². The molecule has 1 unspecified atom stereocenters. The van der Waals surface area contributed by atoms with Gasteiger partial charge in [0.25, 0.3) is 0 Å². The van der Waals surface area contributed by atoms with E-state index >= 15 is 0 Å². The maximum atomic E-state index is 13.7. The normalized spacial score (nSPS) is 17.1. The molecule has 20 heavy (non-hydrogen) atoms. The molecule has 2 rings (SSSR count). The molecule has 4 nitrogen and oxygen atoms in total. The molecular formula is C14H20BrFN2O2. The first-order chi connectivity index (χ1) is 9.63. The molecule has 0 aliphatic carbocycles.